The molecule has 1 N–H and O–H groups in total. The number of nitro groups is 1. The van der Waals surface area contributed by atoms with Crippen molar-refractivity contribution in [3.8, 4) is 0 Å². The summed E-state index contributed by atoms with van der Waals surface area (Å²) in [6, 6.07) is 5.59. The summed E-state index contributed by atoms with van der Waals surface area (Å²) in [5.74, 6) is -2.26. The fourth-order valence-corrected chi connectivity index (χ4v) is 2.18. The van der Waals surface area contributed by atoms with Gasteiger partial charge in [0.1, 0.15) is 11.6 Å². The van der Waals surface area contributed by atoms with Gasteiger partial charge >= 0.3 is 5.00 Å². The summed E-state index contributed by atoms with van der Waals surface area (Å²) >= 11 is 0.905. The largest absolute Gasteiger partial charge is 0.324 e. The molecule has 0 radical (unpaired) electrons. The quantitative estimate of drug-likeness (QED) is 0.533. The molecular formula is C13H8F2N2O3S. The zero-order chi connectivity index (χ0) is 15.4. The van der Waals surface area contributed by atoms with E-state index in [1.54, 1.807) is 0 Å². The Morgan fingerprint density at radius 3 is 2.67 bits per heavy atom. The molecule has 1 aromatic carbocycles. The molecule has 1 aromatic heterocycles. The van der Waals surface area contributed by atoms with Crippen LogP contribution >= 0.6 is 11.3 Å². The molecule has 1 heterocycles. The highest BCUT2D eigenvalue weighted by molar-refractivity contribution is 7.16. The molecule has 0 saturated carbocycles. The molecule has 0 fully saturated rings. The van der Waals surface area contributed by atoms with Crippen molar-refractivity contribution in [3.05, 3.63) is 63.0 Å². The van der Waals surface area contributed by atoms with E-state index in [1.807, 2.05) is 0 Å². The summed E-state index contributed by atoms with van der Waals surface area (Å²) in [6.45, 7) is 0. The first kappa shape index (κ1) is 14.8. The Kier molecular flexibility index (Phi) is 4.39. The number of nitrogens with one attached hydrogen (secondary N) is 1. The van der Waals surface area contributed by atoms with Gasteiger partial charge in [-0.2, -0.15) is 0 Å². The van der Waals surface area contributed by atoms with Gasteiger partial charge < -0.3 is 5.32 Å². The van der Waals surface area contributed by atoms with E-state index < -0.39 is 22.5 Å². The van der Waals surface area contributed by atoms with Crippen molar-refractivity contribution in [2.45, 2.75) is 0 Å². The minimum atomic E-state index is -0.886. The van der Waals surface area contributed by atoms with Gasteiger partial charge in [0, 0.05) is 23.1 Å². The van der Waals surface area contributed by atoms with Gasteiger partial charge in [-0.15, -0.1) is 0 Å². The standard InChI is InChI=1S/C13H8F2N2O3S/c14-8-1-4-11(10(15)7-8)16-12(18)5-2-9-3-6-13(21-9)17(19)20/h1-7H,(H,16,18)/b5-2+. The molecule has 0 unspecified atom stereocenters. The summed E-state index contributed by atoms with van der Waals surface area (Å²) in [5, 5.41) is 12.7. The summed E-state index contributed by atoms with van der Waals surface area (Å²) in [7, 11) is 0. The molecule has 0 saturated heterocycles. The number of halogens is 2. The van der Waals surface area contributed by atoms with Crippen LogP contribution in [0.15, 0.2) is 36.4 Å². The van der Waals surface area contributed by atoms with Crippen LogP contribution in [0.3, 0.4) is 0 Å². The van der Waals surface area contributed by atoms with Gasteiger partial charge in [-0.25, -0.2) is 8.78 Å². The molecule has 0 bridgehead atoms. The van der Waals surface area contributed by atoms with Crippen LogP contribution < -0.4 is 5.32 Å². The fourth-order valence-electron chi connectivity index (χ4n) is 1.45. The molecule has 2 aromatic rings. The maximum atomic E-state index is 13.3. The van der Waals surface area contributed by atoms with Crippen LogP contribution in [0.25, 0.3) is 6.08 Å². The Balaban J connectivity index is 2.03. The molecule has 1 amide bonds. The van der Waals surface area contributed by atoms with Crippen molar-refractivity contribution in [3.63, 3.8) is 0 Å². The number of carbonyl (C=O) groups is 1. The fraction of sp³-hybridized carbons (Fsp3) is 0. The van der Waals surface area contributed by atoms with Gasteiger partial charge in [-0.05, 0) is 24.3 Å². The Hall–Kier alpha value is -2.61. The summed E-state index contributed by atoms with van der Waals surface area (Å²) in [5.41, 5.74) is -0.150. The highest BCUT2D eigenvalue weighted by Gasteiger charge is 2.09. The second-order valence-corrected chi connectivity index (χ2v) is 4.97. The van der Waals surface area contributed by atoms with Crippen LogP contribution in [-0.2, 0) is 4.79 Å². The molecule has 2 rings (SSSR count). The van der Waals surface area contributed by atoms with E-state index in [0.29, 0.717) is 10.9 Å². The van der Waals surface area contributed by atoms with Crippen LogP contribution in [0, 0.1) is 21.7 Å². The van der Waals surface area contributed by atoms with Gasteiger partial charge in [0.25, 0.3) is 0 Å². The van der Waals surface area contributed by atoms with Crippen molar-refractivity contribution in [1.29, 1.82) is 0 Å². The van der Waals surface area contributed by atoms with Gasteiger partial charge in [0.05, 0.1) is 10.6 Å². The number of hydrogen-bond donors (Lipinski definition) is 1. The van der Waals surface area contributed by atoms with Gasteiger partial charge in [-0.3, -0.25) is 14.9 Å². The van der Waals surface area contributed by atoms with Crippen molar-refractivity contribution in [2.75, 3.05) is 5.32 Å². The van der Waals surface area contributed by atoms with Crippen LogP contribution in [0.1, 0.15) is 4.88 Å². The average molecular weight is 310 g/mol. The van der Waals surface area contributed by atoms with E-state index in [2.05, 4.69) is 5.32 Å². The lowest BCUT2D eigenvalue weighted by molar-refractivity contribution is -0.380. The van der Waals surface area contributed by atoms with Crippen LogP contribution in [0.5, 0.6) is 0 Å². The predicted molar refractivity (Wildman–Crippen MR) is 75.0 cm³/mol. The normalized spacial score (nSPS) is 10.8. The molecule has 0 aliphatic rings. The first-order valence-corrected chi connectivity index (χ1v) is 6.45. The molecule has 0 aliphatic carbocycles. The molecule has 0 spiro atoms. The number of thiophene rings is 1. The van der Waals surface area contributed by atoms with Gasteiger partial charge in [-0.1, -0.05) is 11.3 Å². The van der Waals surface area contributed by atoms with Crippen molar-refractivity contribution in [2.24, 2.45) is 0 Å². The summed E-state index contributed by atoms with van der Waals surface area (Å²) in [4.78, 5) is 22.1. The Morgan fingerprint density at radius 1 is 1.29 bits per heavy atom. The molecule has 108 valence electrons. The second kappa shape index (κ2) is 6.23. The van der Waals surface area contributed by atoms with Crippen LogP contribution in [-0.4, -0.2) is 10.8 Å². The van der Waals surface area contributed by atoms with Crippen molar-refractivity contribution in [1.82, 2.24) is 0 Å². The number of amides is 1. The lowest BCUT2D eigenvalue weighted by Crippen LogP contribution is -2.09. The van der Waals surface area contributed by atoms with E-state index in [0.717, 1.165) is 29.5 Å². The maximum absolute atomic E-state index is 13.3. The van der Waals surface area contributed by atoms with Gasteiger partial charge in [0.15, 0.2) is 0 Å². The Bertz CT molecular complexity index is 728. The monoisotopic (exact) mass is 310 g/mol. The van der Waals surface area contributed by atoms with E-state index in [4.69, 9.17) is 0 Å². The van der Waals surface area contributed by atoms with E-state index in [9.17, 15) is 23.7 Å². The SMILES string of the molecule is O=C(/C=C/c1ccc([N+](=O)[O-])s1)Nc1ccc(F)cc1F. The zero-order valence-corrected chi connectivity index (χ0v) is 11.2. The van der Waals surface area contributed by atoms with Crippen molar-refractivity contribution < 1.29 is 18.5 Å². The third kappa shape index (κ3) is 3.93. The second-order valence-electron chi connectivity index (χ2n) is 3.88. The minimum Gasteiger partial charge on any atom is -0.320 e. The first-order valence-electron chi connectivity index (χ1n) is 5.64. The molecular weight excluding hydrogens is 302 g/mol. The van der Waals surface area contributed by atoms with Crippen molar-refractivity contribution >= 4 is 34.0 Å². The smallest absolute Gasteiger partial charge is 0.320 e. The third-order valence-electron chi connectivity index (χ3n) is 2.38. The number of anilines is 1. The number of carbonyl (C=O) groups excluding carboxylic acids is 1. The van der Waals surface area contributed by atoms with Gasteiger partial charge in [0.2, 0.25) is 5.91 Å². The number of nitrogens with zero attached hydrogens (tertiary/aromatic N) is 1. The lowest BCUT2D eigenvalue weighted by atomic mass is 10.3. The van der Waals surface area contributed by atoms with Crippen LogP contribution in [0.2, 0.25) is 0 Å². The molecule has 0 atom stereocenters. The maximum Gasteiger partial charge on any atom is 0.324 e. The predicted octanol–water partition coefficient (Wildman–Crippen LogP) is 3.59. The zero-order valence-electron chi connectivity index (χ0n) is 10.4. The molecule has 0 aliphatic heterocycles. The summed E-state index contributed by atoms with van der Waals surface area (Å²) < 4.78 is 26.0. The van der Waals surface area contributed by atoms with E-state index in [-0.39, 0.29) is 10.7 Å². The Morgan fingerprint density at radius 2 is 2.05 bits per heavy atom. The average Bonchev–Trinajstić information content (AvgIpc) is 2.89. The van der Waals surface area contributed by atoms with Crippen LogP contribution in [0.4, 0.5) is 19.5 Å². The summed E-state index contributed by atoms with van der Waals surface area (Å²) in [6.07, 6.45) is 2.48. The Labute approximate surface area is 121 Å². The number of rotatable bonds is 4. The molecule has 5 nitrogen and oxygen atoms in total. The topological polar surface area (TPSA) is 72.2 Å². The number of hydrogen-bond acceptors (Lipinski definition) is 4. The third-order valence-corrected chi connectivity index (χ3v) is 3.38. The lowest BCUT2D eigenvalue weighted by Gasteiger charge is -2.03. The highest BCUT2D eigenvalue weighted by atomic mass is 32.1. The minimum absolute atomic E-state index is 0.0420. The molecule has 21 heavy (non-hydrogen) atoms. The molecule has 8 heteroatoms. The highest BCUT2D eigenvalue weighted by Crippen LogP contribution is 2.24. The number of benzene rings is 1. The van der Waals surface area contributed by atoms with E-state index >= 15 is 0 Å². The van der Waals surface area contributed by atoms with E-state index in [1.165, 1.54) is 18.2 Å². The first-order chi connectivity index (χ1) is 9.95.